The van der Waals surface area contributed by atoms with Crippen LogP contribution in [0.5, 0.6) is 5.75 Å². The maximum absolute atomic E-state index is 13.0. The topological polar surface area (TPSA) is 60.9 Å². The van der Waals surface area contributed by atoms with Crippen molar-refractivity contribution in [1.29, 1.82) is 0 Å². The molecule has 0 fully saturated rings. The molecule has 0 radical (unpaired) electrons. The van der Waals surface area contributed by atoms with Crippen LogP contribution in [0, 0.1) is 12.7 Å². The molecule has 6 nitrogen and oxygen atoms in total. The molecule has 3 aromatic heterocycles. The second-order valence-electron chi connectivity index (χ2n) is 6.91. The first-order valence-electron chi connectivity index (χ1n) is 9.21. The number of aliphatic imine (C=N–C) groups is 1. The van der Waals surface area contributed by atoms with Crippen LogP contribution in [-0.4, -0.2) is 26.2 Å². The molecule has 29 heavy (non-hydrogen) atoms. The summed E-state index contributed by atoms with van der Waals surface area (Å²) in [6.45, 7) is 3.00. The highest BCUT2D eigenvalue weighted by Gasteiger charge is 2.20. The molecule has 7 heteroatoms. The number of hydrogen-bond acceptors (Lipinski definition) is 4. The van der Waals surface area contributed by atoms with Crippen molar-refractivity contribution >= 4 is 11.4 Å². The molecule has 1 aliphatic heterocycles. The quantitative estimate of drug-likeness (QED) is 0.527. The summed E-state index contributed by atoms with van der Waals surface area (Å²) < 4.78 is 22.2. The van der Waals surface area contributed by atoms with Crippen molar-refractivity contribution in [1.82, 2.24) is 14.0 Å². The number of halogens is 1. The van der Waals surface area contributed by atoms with Crippen LogP contribution < -0.4 is 10.3 Å². The van der Waals surface area contributed by atoms with E-state index < -0.39 is 0 Å². The number of rotatable bonds is 5. The molecule has 0 aliphatic carbocycles. The predicted octanol–water partition coefficient (Wildman–Crippen LogP) is 3.31. The van der Waals surface area contributed by atoms with Crippen molar-refractivity contribution in [2.45, 2.75) is 13.5 Å². The van der Waals surface area contributed by atoms with Crippen molar-refractivity contribution in [3.8, 4) is 11.4 Å². The normalized spacial score (nSPS) is 12.8. The van der Waals surface area contributed by atoms with E-state index in [9.17, 15) is 9.18 Å². The van der Waals surface area contributed by atoms with E-state index in [4.69, 9.17) is 4.74 Å². The van der Waals surface area contributed by atoms with Gasteiger partial charge in [-0.05, 0) is 42.8 Å². The minimum atomic E-state index is -0.293. The molecule has 0 spiro atoms. The van der Waals surface area contributed by atoms with Gasteiger partial charge in [0.1, 0.15) is 29.5 Å². The first-order chi connectivity index (χ1) is 14.1. The molecule has 4 aromatic rings. The average Bonchev–Trinajstić information content (AvgIpc) is 3.52. The third-order valence-corrected chi connectivity index (χ3v) is 4.92. The lowest BCUT2D eigenvalue weighted by Gasteiger charge is -2.10. The summed E-state index contributed by atoms with van der Waals surface area (Å²) in [5, 5.41) is 0. The van der Waals surface area contributed by atoms with E-state index in [-0.39, 0.29) is 18.0 Å². The molecule has 0 N–H and O–H groups in total. The summed E-state index contributed by atoms with van der Waals surface area (Å²) in [7, 11) is 0. The van der Waals surface area contributed by atoms with E-state index in [0.717, 1.165) is 40.5 Å². The number of benzene rings is 1. The van der Waals surface area contributed by atoms with Crippen molar-refractivity contribution < 1.29 is 9.13 Å². The Kier molecular flexibility index (Phi) is 4.01. The summed E-state index contributed by atoms with van der Waals surface area (Å²) in [5.74, 6) is 0.170. The van der Waals surface area contributed by atoms with E-state index >= 15 is 0 Å². The summed E-state index contributed by atoms with van der Waals surface area (Å²) >= 11 is 0. The first kappa shape index (κ1) is 17.4. The summed E-state index contributed by atoms with van der Waals surface area (Å²) in [4.78, 5) is 21.5. The maximum atomic E-state index is 13.0. The van der Waals surface area contributed by atoms with E-state index in [0.29, 0.717) is 5.75 Å². The smallest absolute Gasteiger partial charge is 0.258 e. The van der Waals surface area contributed by atoms with E-state index in [1.807, 2.05) is 29.7 Å². The van der Waals surface area contributed by atoms with Gasteiger partial charge >= 0.3 is 0 Å². The van der Waals surface area contributed by atoms with Gasteiger partial charge in [0.15, 0.2) is 0 Å². The largest absolute Gasteiger partial charge is 0.489 e. The highest BCUT2D eigenvalue weighted by Crippen LogP contribution is 2.19. The average molecular weight is 388 g/mol. The molecule has 1 aliphatic rings. The lowest BCUT2D eigenvalue weighted by Crippen LogP contribution is -2.17. The number of aryl methyl sites for hydroxylation is 1. The van der Waals surface area contributed by atoms with Crippen LogP contribution in [0.2, 0.25) is 0 Å². The number of imidazole rings is 1. The SMILES string of the molecule is Cc1c(C2=NC2)nc2ccc(-n3ccc(OCc4ccc(F)cc4)cc3=O)cn12. The van der Waals surface area contributed by atoms with Crippen LogP contribution in [-0.2, 0) is 6.61 Å². The van der Waals surface area contributed by atoms with Gasteiger partial charge in [0.05, 0.1) is 17.9 Å². The fourth-order valence-corrected chi connectivity index (χ4v) is 3.27. The standard InChI is InChI=1S/C22H17FN4O2/c1-14-22(19-11-24-19)25-20-7-6-17(12-27(14)20)26-9-8-18(10-21(26)28)29-13-15-2-4-16(23)5-3-15/h2-10,12H,11,13H2,1H3. The van der Waals surface area contributed by atoms with Crippen LogP contribution >= 0.6 is 0 Å². The summed E-state index contributed by atoms with van der Waals surface area (Å²) in [6, 6.07) is 13.0. The van der Waals surface area contributed by atoms with Gasteiger partial charge in [-0.3, -0.25) is 14.4 Å². The predicted molar refractivity (Wildman–Crippen MR) is 108 cm³/mol. The lowest BCUT2D eigenvalue weighted by atomic mass is 10.2. The highest BCUT2D eigenvalue weighted by molar-refractivity contribution is 6.10. The van der Waals surface area contributed by atoms with Crippen LogP contribution in [0.1, 0.15) is 17.0 Å². The molecule has 144 valence electrons. The Morgan fingerprint density at radius 1 is 1.14 bits per heavy atom. The molecule has 0 unspecified atom stereocenters. The third-order valence-electron chi connectivity index (χ3n) is 4.92. The fourth-order valence-electron chi connectivity index (χ4n) is 3.27. The van der Waals surface area contributed by atoms with Crippen molar-refractivity contribution in [3.63, 3.8) is 0 Å². The molecule has 0 amide bonds. The Hall–Kier alpha value is -3.74. The molecule has 0 bridgehead atoms. The van der Waals surface area contributed by atoms with Crippen molar-refractivity contribution in [3.05, 3.63) is 94.0 Å². The van der Waals surface area contributed by atoms with Gasteiger partial charge in [-0.15, -0.1) is 0 Å². The van der Waals surface area contributed by atoms with E-state index in [1.54, 1.807) is 29.0 Å². The molecule has 0 saturated carbocycles. The molecule has 1 aromatic carbocycles. The van der Waals surface area contributed by atoms with Gasteiger partial charge in [-0.1, -0.05) is 12.1 Å². The minimum Gasteiger partial charge on any atom is -0.489 e. The number of pyridine rings is 2. The molecule has 4 heterocycles. The van der Waals surface area contributed by atoms with Gasteiger partial charge in [0.2, 0.25) is 0 Å². The highest BCUT2D eigenvalue weighted by atomic mass is 19.1. The van der Waals surface area contributed by atoms with E-state index in [2.05, 4.69) is 9.98 Å². The van der Waals surface area contributed by atoms with Crippen LogP contribution in [0.25, 0.3) is 11.3 Å². The Bertz CT molecular complexity index is 1320. The summed E-state index contributed by atoms with van der Waals surface area (Å²) in [5.41, 5.74) is 5.12. The van der Waals surface area contributed by atoms with Gasteiger partial charge in [-0.25, -0.2) is 9.37 Å². The monoisotopic (exact) mass is 388 g/mol. The number of fused-ring (bicyclic) bond motifs is 1. The van der Waals surface area contributed by atoms with Gasteiger partial charge < -0.3 is 9.14 Å². The number of ether oxygens (including phenoxy) is 1. The van der Waals surface area contributed by atoms with Crippen LogP contribution in [0.4, 0.5) is 4.39 Å². The molecule has 0 saturated heterocycles. The Morgan fingerprint density at radius 3 is 2.66 bits per heavy atom. The Balaban J connectivity index is 1.41. The molecular formula is C22H17FN4O2. The maximum Gasteiger partial charge on any atom is 0.258 e. The second kappa shape index (κ2) is 6.70. The lowest BCUT2D eigenvalue weighted by molar-refractivity contribution is 0.305. The Morgan fingerprint density at radius 2 is 1.93 bits per heavy atom. The fraction of sp³-hybridized carbons (Fsp3) is 0.136. The zero-order valence-electron chi connectivity index (χ0n) is 15.7. The Labute approximate surface area is 165 Å². The van der Waals surface area contributed by atoms with Gasteiger partial charge in [-0.2, -0.15) is 0 Å². The van der Waals surface area contributed by atoms with Gasteiger partial charge in [0.25, 0.3) is 5.56 Å². The van der Waals surface area contributed by atoms with Crippen LogP contribution in [0.3, 0.4) is 0 Å². The van der Waals surface area contributed by atoms with Gasteiger partial charge in [0, 0.05) is 24.2 Å². The molecule has 0 atom stereocenters. The van der Waals surface area contributed by atoms with Crippen molar-refractivity contribution in [2.75, 3.05) is 6.54 Å². The number of hydrogen-bond donors (Lipinski definition) is 0. The minimum absolute atomic E-state index is 0.203. The van der Waals surface area contributed by atoms with E-state index in [1.165, 1.54) is 18.2 Å². The zero-order valence-corrected chi connectivity index (χ0v) is 15.7. The van der Waals surface area contributed by atoms with Crippen molar-refractivity contribution in [2.24, 2.45) is 4.99 Å². The zero-order chi connectivity index (χ0) is 20.0. The third kappa shape index (κ3) is 3.31. The second-order valence-corrected chi connectivity index (χ2v) is 6.91. The number of nitrogens with zero attached hydrogens (tertiary/aromatic N) is 4. The molecule has 5 rings (SSSR count). The number of aromatic nitrogens is 3. The molecular weight excluding hydrogens is 371 g/mol. The van der Waals surface area contributed by atoms with Crippen LogP contribution in [0.15, 0.2) is 70.7 Å². The first-order valence-corrected chi connectivity index (χ1v) is 9.21. The summed E-state index contributed by atoms with van der Waals surface area (Å²) in [6.07, 6.45) is 3.58.